The lowest BCUT2D eigenvalue weighted by Gasteiger charge is -2.01. The highest BCUT2D eigenvalue weighted by molar-refractivity contribution is 7.09. The largest absolute Gasteiger partial charge is 0.480 e. The van der Waals surface area contributed by atoms with E-state index in [4.69, 9.17) is 10.8 Å². The minimum Gasteiger partial charge on any atom is -0.480 e. The van der Waals surface area contributed by atoms with Crippen LogP contribution in [0.1, 0.15) is 30.6 Å². The van der Waals surface area contributed by atoms with Crippen molar-refractivity contribution in [3.8, 4) is 0 Å². The van der Waals surface area contributed by atoms with Crippen LogP contribution in [0.5, 0.6) is 0 Å². The molecule has 1 heterocycles. The Balaban J connectivity index is 2.72. The Kier molecular flexibility index (Phi) is 3.60. The Bertz CT molecular complexity index is 322. The van der Waals surface area contributed by atoms with Crippen molar-refractivity contribution in [1.82, 2.24) is 4.98 Å². The number of carboxylic acids is 1. The number of hydrogen-bond acceptors (Lipinski definition) is 4. The van der Waals surface area contributed by atoms with E-state index in [0.29, 0.717) is 11.6 Å². The van der Waals surface area contributed by atoms with E-state index in [-0.39, 0.29) is 0 Å². The lowest BCUT2D eigenvalue weighted by molar-refractivity contribution is -0.138. The summed E-state index contributed by atoms with van der Waals surface area (Å²) in [5, 5.41) is 11.3. The summed E-state index contributed by atoms with van der Waals surface area (Å²) in [4.78, 5) is 14.8. The standard InChI is InChI=1S/C9H14N2O2S/c1-5(2)3-7-11-6(4-14-7)8(10)9(12)13/h4-5,8H,3,10H2,1-2H3,(H,12,13). The average molecular weight is 214 g/mol. The summed E-state index contributed by atoms with van der Waals surface area (Å²) >= 11 is 1.47. The molecule has 0 saturated carbocycles. The molecular weight excluding hydrogens is 200 g/mol. The molecule has 3 N–H and O–H groups in total. The zero-order valence-corrected chi connectivity index (χ0v) is 9.04. The summed E-state index contributed by atoms with van der Waals surface area (Å²) in [5.74, 6) is -0.513. The first-order chi connectivity index (χ1) is 6.50. The van der Waals surface area contributed by atoms with E-state index >= 15 is 0 Å². The maximum atomic E-state index is 10.6. The van der Waals surface area contributed by atoms with Gasteiger partial charge in [0.1, 0.15) is 6.04 Å². The summed E-state index contributed by atoms with van der Waals surface area (Å²) in [6.07, 6.45) is 0.872. The predicted octanol–water partition coefficient (Wildman–Crippen LogP) is 1.43. The number of carbonyl (C=O) groups is 1. The smallest absolute Gasteiger partial charge is 0.326 e. The predicted molar refractivity (Wildman–Crippen MR) is 55.2 cm³/mol. The van der Waals surface area contributed by atoms with Gasteiger partial charge in [-0.2, -0.15) is 0 Å². The number of nitrogens with zero attached hydrogens (tertiary/aromatic N) is 1. The van der Waals surface area contributed by atoms with Crippen molar-refractivity contribution >= 4 is 17.3 Å². The Labute approximate surface area is 86.8 Å². The number of aliphatic carboxylic acids is 1. The van der Waals surface area contributed by atoms with Gasteiger partial charge in [0.2, 0.25) is 0 Å². The highest BCUT2D eigenvalue weighted by atomic mass is 32.1. The summed E-state index contributed by atoms with van der Waals surface area (Å²) in [5.41, 5.74) is 5.88. The molecule has 1 aromatic rings. The van der Waals surface area contributed by atoms with Crippen molar-refractivity contribution in [3.63, 3.8) is 0 Å². The summed E-state index contributed by atoms with van der Waals surface area (Å²) < 4.78 is 0. The van der Waals surface area contributed by atoms with Crippen molar-refractivity contribution in [2.24, 2.45) is 11.7 Å². The zero-order valence-electron chi connectivity index (χ0n) is 8.23. The van der Waals surface area contributed by atoms with Crippen LogP contribution in [0.4, 0.5) is 0 Å². The Hall–Kier alpha value is -0.940. The molecule has 0 fully saturated rings. The molecular formula is C9H14N2O2S. The van der Waals surface area contributed by atoms with Crippen molar-refractivity contribution in [2.45, 2.75) is 26.3 Å². The van der Waals surface area contributed by atoms with Gasteiger partial charge in [0.05, 0.1) is 10.7 Å². The fraction of sp³-hybridized carbons (Fsp3) is 0.556. The van der Waals surface area contributed by atoms with E-state index in [9.17, 15) is 4.79 Å². The second-order valence-corrected chi connectivity index (χ2v) is 4.52. The van der Waals surface area contributed by atoms with Crippen LogP contribution in [0.3, 0.4) is 0 Å². The fourth-order valence-corrected chi connectivity index (χ4v) is 2.08. The van der Waals surface area contributed by atoms with Crippen LogP contribution in [0.25, 0.3) is 0 Å². The van der Waals surface area contributed by atoms with E-state index in [1.54, 1.807) is 5.38 Å². The van der Waals surface area contributed by atoms with Gasteiger partial charge in [-0.3, -0.25) is 4.79 Å². The van der Waals surface area contributed by atoms with Gasteiger partial charge >= 0.3 is 5.97 Å². The van der Waals surface area contributed by atoms with E-state index in [2.05, 4.69) is 18.8 Å². The van der Waals surface area contributed by atoms with Crippen molar-refractivity contribution in [3.05, 3.63) is 16.1 Å². The lowest BCUT2D eigenvalue weighted by Crippen LogP contribution is -2.20. The maximum Gasteiger partial charge on any atom is 0.326 e. The fourth-order valence-electron chi connectivity index (χ4n) is 1.04. The number of carboxylic acid groups (broad SMARTS) is 1. The van der Waals surface area contributed by atoms with Crippen molar-refractivity contribution < 1.29 is 9.90 Å². The average Bonchev–Trinajstić information content (AvgIpc) is 2.50. The molecule has 0 radical (unpaired) electrons. The number of thiazole rings is 1. The molecule has 14 heavy (non-hydrogen) atoms. The molecule has 0 spiro atoms. The zero-order chi connectivity index (χ0) is 10.7. The van der Waals surface area contributed by atoms with Crippen molar-refractivity contribution in [2.75, 3.05) is 0 Å². The van der Waals surface area contributed by atoms with Crippen LogP contribution in [0.15, 0.2) is 5.38 Å². The van der Waals surface area contributed by atoms with Gasteiger partial charge in [-0.25, -0.2) is 4.98 Å². The lowest BCUT2D eigenvalue weighted by atomic mass is 10.1. The van der Waals surface area contributed by atoms with E-state index < -0.39 is 12.0 Å². The van der Waals surface area contributed by atoms with Crippen LogP contribution in [-0.4, -0.2) is 16.1 Å². The third-order valence-corrected chi connectivity index (χ3v) is 2.63. The third-order valence-electron chi connectivity index (χ3n) is 1.74. The minimum absolute atomic E-state index is 0.457. The molecule has 4 nitrogen and oxygen atoms in total. The normalized spacial score (nSPS) is 13.1. The van der Waals surface area contributed by atoms with Crippen LogP contribution in [0.2, 0.25) is 0 Å². The highest BCUT2D eigenvalue weighted by Gasteiger charge is 2.17. The third kappa shape index (κ3) is 2.78. The van der Waals surface area contributed by atoms with Crippen LogP contribution in [-0.2, 0) is 11.2 Å². The molecule has 0 bridgehead atoms. The second kappa shape index (κ2) is 4.52. The van der Waals surface area contributed by atoms with Gasteiger partial charge in [-0.1, -0.05) is 13.8 Å². The Morgan fingerprint density at radius 1 is 1.71 bits per heavy atom. The van der Waals surface area contributed by atoms with E-state index in [1.807, 2.05) is 0 Å². The SMILES string of the molecule is CC(C)Cc1nc(C(N)C(=O)O)cs1. The Morgan fingerprint density at radius 2 is 2.36 bits per heavy atom. The minimum atomic E-state index is -1.04. The second-order valence-electron chi connectivity index (χ2n) is 3.58. The molecule has 0 aliphatic carbocycles. The quantitative estimate of drug-likeness (QED) is 0.794. The number of nitrogens with two attached hydrogens (primary N) is 1. The monoisotopic (exact) mass is 214 g/mol. The Morgan fingerprint density at radius 3 is 2.86 bits per heavy atom. The molecule has 1 unspecified atom stereocenters. The summed E-state index contributed by atoms with van der Waals surface area (Å²) in [7, 11) is 0. The molecule has 1 rings (SSSR count). The number of rotatable bonds is 4. The van der Waals surface area contributed by atoms with Gasteiger partial charge < -0.3 is 10.8 Å². The highest BCUT2D eigenvalue weighted by Crippen LogP contribution is 2.18. The van der Waals surface area contributed by atoms with Gasteiger partial charge in [0, 0.05) is 11.8 Å². The molecule has 5 heteroatoms. The molecule has 0 saturated heterocycles. The molecule has 1 atom stereocenters. The van der Waals surface area contributed by atoms with Crippen LogP contribution < -0.4 is 5.73 Å². The first kappa shape index (κ1) is 11.1. The van der Waals surface area contributed by atoms with Crippen LogP contribution in [0, 0.1) is 5.92 Å². The maximum absolute atomic E-state index is 10.6. The van der Waals surface area contributed by atoms with Crippen LogP contribution >= 0.6 is 11.3 Å². The molecule has 1 aromatic heterocycles. The molecule has 0 amide bonds. The van der Waals surface area contributed by atoms with Crippen molar-refractivity contribution in [1.29, 1.82) is 0 Å². The van der Waals surface area contributed by atoms with E-state index in [0.717, 1.165) is 11.4 Å². The molecule has 0 aliphatic heterocycles. The van der Waals surface area contributed by atoms with Gasteiger partial charge in [-0.15, -0.1) is 11.3 Å². The van der Waals surface area contributed by atoms with Gasteiger partial charge in [0.15, 0.2) is 0 Å². The molecule has 0 aliphatic rings. The molecule has 0 aromatic carbocycles. The summed E-state index contributed by atoms with van der Waals surface area (Å²) in [6, 6.07) is -0.993. The first-order valence-corrected chi connectivity index (χ1v) is 5.31. The first-order valence-electron chi connectivity index (χ1n) is 4.43. The van der Waals surface area contributed by atoms with Gasteiger partial charge in [0.25, 0.3) is 0 Å². The van der Waals surface area contributed by atoms with E-state index in [1.165, 1.54) is 11.3 Å². The number of hydrogen-bond donors (Lipinski definition) is 2. The summed E-state index contributed by atoms with van der Waals surface area (Å²) in [6.45, 7) is 4.19. The molecule has 78 valence electrons. The van der Waals surface area contributed by atoms with Gasteiger partial charge in [-0.05, 0) is 5.92 Å². The number of aromatic nitrogens is 1. The topological polar surface area (TPSA) is 76.2 Å².